The molecule has 1 aromatic rings. The molecule has 0 radical (unpaired) electrons. The molecule has 1 aliphatic carbocycles. The molecule has 0 spiro atoms. The van der Waals surface area contributed by atoms with Crippen LogP contribution in [0.1, 0.15) is 43.0 Å². The van der Waals surface area contributed by atoms with Crippen molar-refractivity contribution in [3.63, 3.8) is 0 Å². The summed E-state index contributed by atoms with van der Waals surface area (Å²) < 4.78 is 0.299. The van der Waals surface area contributed by atoms with E-state index in [4.69, 9.17) is 0 Å². The maximum Gasteiger partial charge on any atom is 0.144 e. The van der Waals surface area contributed by atoms with Crippen molar-refractivity contribution >= 4 is 17.6 Å². The van der Waals surface area contributed by atoms with E-state index in [-0.39, 0.29) is 0 Å². The second-order valence-corrected chi connectivity index (χ2v) is 7.39. The van der Waals surface area contributed by atoms with Crippen molar-refractivity contribution in [3.05, 3.63) is 22.9 Å². The van der Waals surface area contributed by atoms with E-state index < -0.39 is 0 Å². The molecule has 2 aliphatic rings. The zero-order valence-corrected chi connectivity index (χ0v) is 12.1. The first-order valence-corrected chi connectivity index (χ1v) is 7.99. The van der Waals surface area contributed by atoms with Crippen LogP contribution in [-0.2, 0) is 12.8 Å². The first-order valence-electron chi connectivity index (χ1n) is 7.01. The standard InChI is InChI=1S/C15H19N3S/c1-15(6-3-7-19-15)10-17-14-12(9-16)8-11-4-2-5-13(11)18-14/h8H,2-7,10H2,1H3,(H,17,18). The van der Waals surface area contributed by atoms with Crippen molar-refractivity contribution in [3.8, 4) is 6.07 Å². The second-order valence-electron chi connectivity index (χ2n) is 5.71. The highest BCUT2D eigenvalue weighted by Crippen LogP contribution is 2.38. The average Bonchev–Trinajstić information content (AvgIpc) is 3.04. The summed E-state index contributed by atoms with van der Waals surface area (Å²) in [6.07, 6.45) is 5.85. The minimum absolute atomic E-state index is 0.299. The van der Waals surface area contributed by atoms with Crippen LogP contribution >= 0.6 is 11.8 Å². The number of nitrogens with one attached hydrogen (secondary N) is 1. The van der Waals surface area contributed by atoms with Crippen molar-refractivity contribution in [2.24, 2.45) is 0 Å². The maximum absolute atomic E-state index is 9.27. The van der Waals surface area contributed by atoms with E-state index in [0.717, 1.165) is 25.2 Å². The van der Waals surface area contributed by atoms with Crippen molar-refractivity contribution < 1.29 is 0 Å². The lowest BCUT2D eigenvalue weighted by atomic mass is 10.1. The van der Waals surface area contributed by atoms with E-state index >= 15 is 0 Å². The van der Waals surface area contributed by atoms with Gasteiger partial charge in [0, 0.05) is 17.0 Å². The zero-order chi connectivity index (χ0) is 13.3. The van der Waals surface area contributed by atoms with Crippen LogP contribution in [0.15, 0.2) is 6.07 Å². The molecule has 1 fully saturated rings. The van der Waals surface area contributed by atoms with Crippen LogP contribution in [0.3, 0.4) is 0 Å². The van der Waals surface area contributed by atoms with Gasteiger partial charge in [-0.25, -0.2) is 4.98 Å². The number of hydrogen-bond donors (Lipinski definition) is 1. The highest BCUT2D eigenvalue weighted by molar-refractivity contribution is 8.00. The minimum Gasteiger partial charge on any atom is -0.368 e. The number of rotatable bonds is 3. The third-order valence-electron chi connectivity index (χ3n) is 4.10. The second kappa shape index (κ2) is 5.05. The summed E-state index contributed by atoms with van der Waals surface area (Å²) in [7, 11) is 0. The van der Waals surface area contributed by atoms with Gasteiger partial charge in [0.25, 0.3) is 0 Å². The summed E-state index contributed by atoms with van der Waals surface area (Å²) in [4.78, 5) is 4.67. The third kappa shape index (κ3) is 2.57. The molecular weight excluding hydrogens is 254 g/mol. The smallest absolute Gasteiger partial charge is 0.144 e. The molecule has 1 aliphatic heterocycles. The number of nitrogens with zero attached hydrogens (tertiary/aromatic N) is 2. The molecule has 1 aromatic heterocycles. The van der Waals surface area contributed by atoms with Crippen LogP contribution in [-0.4, -0.2) is 22.0 Å². The van der Waals surface area contributed by atoms with E-state index in [1.54, 1.807) is 0 Å². The first-order chi connectivity index (χ1) is 9.20. The van der Waals surface area contributed by atoms with Crippen molar-refractivity contribution in [2.45, 2.75) is 43.8 Å². The Morgan fingerprint density at radius 2 is 2.37 bits per heavy atom. The molecule has 3 nitrogen and oxygen atoms in total. The number of aromatic nitrogens is 1. The van der Waals surface area contributed by atoms with Gasteiger partial charge < -0.3 is 5.32 Å². The summed E-state index contributed by atoms with van der Waals surface area (Å²) in [5.41, 5.74) is 3.15. The molecule has 0 bridgehead atoms. The Kier molecular flexibility index (Phi) is 3.40. The van der Waals surface area contributed by atoms with Crippen molar-refractivity contribution in [1.29, 1.82) is 5.26 Å². The molecule has 1 atom stereocenters. The van der Waals surface area contributed by atoms with Crippen LogP contribution in [0, 0.1) is 11.3 Å². The molecule has 4 heteroatoms. The Bertz CT molecular complexity index is 527. The van der Waals surface area contributed by atoms with Gasteiger partial charge in [0.1, 0.15) is 11.9 Å². The molecule has 100 valence electrons. The molecule has 1 unspecified atom stereocenters. The fourth-order valence-corrected chi connectivity index (χ4v) is 4.18. The van der Waals surface area contributed by atoms with Gasteiger partial charge >= 0.3 is 0 Å². The van der Waals surface area contributed by atoms with Gasteiger partial charge in [-0.05, 0) is 56.4 Å². The monoisotopic (exact) mass is 273 g/mol. The lowest BCUT2D eigenvalue weighted by Crippen LogP contribution is -2.27. The number of thioether (sulfide) groups is 1. The Morgan fingerprint density at radius 3 is 3.11 bits per heavy atom. The molecule has 0 saturated carbocycles. The van der Waals surface area contributed by atoms with Gasteiger partial charge in [0.05, 0.1) is 5.56 Å². The summed E-state index contributed by atoms with van der Waals surface area (Å²) in [5.74, 6) is 2.04. The quantitative estimate of drug-likeness (QED) is 0.919. The lowest BCUT2D eigenvalue weighted by Gasteiger charge is -2.23. The van der Waals surface area contributed by atoms with E-state index in [1.165, 1.54) is 36.3 Å². The lowest BCUT2D eigenvalue weighted by molar-refractivity contribution is 0.633. The Hall–Kier alpha value is -1.21. The van der Waals surface area contributed by atoms with Crippen LogP contribution in [0.5, 0.6) is 0 Å². The normalized spacial score (nSPS) is 25.1. The van der Waals surface area contributed by atoms with Gasteiger partial charge in [-0.3, -0.25) is 0 Å². The van der Waals surface area contributed by atoms with E-state index in [0.29, 0.717) is 10.3 Å². The van der Waals surface area contributed by atoms with Crippen molar-refractivity contribution in [2.75, 3.05) is 17.6 Å². The molecular formula is C15H19N3S. The van der Waals surface area contributed by atoms with Gasteiger partial charge in [-0.2, -0.15) is 17.0 Å². The summed E-state index contributed by atoms with van der Waals surface area (Å²) in [6, 6.07) is 4.31. The fourth-order valence-electron chi connectivity index (χ4n) is 2.94. The Balaban J connectivity index is 1.79. The molecule has 3 rings (SSSR count). The Morgan fingerprint density at radius 1 is 1.47 bits per heavy atom. The largest absolute Gasteiger partial charge is 0.368 e. The predicted molar refractivity (Wildman–Crippen MR) is 79.6 cm³/mol. The highest BCUT2D eigenvalue weighted by atomic mass is 32.2. The number of aryl methyl sites for hydroxylation is 2. The van der Waals surface area contributed by atoms with Crippen LogP contribution in [0.4, 0.5) is 5.82 Å². The summed E-state index contributed by atoms with van der Waals surface area (Å²) >= 11 is 2.03. The summed E-state index contributed by atoms with van der Waals surface area (Å²) in [5, 5.41) is 12.7. The Labute approximate surface area is 118 Å². The molecule has 0 amide bonds. The van der Waals surface area contributed by atoms with E-state index in [9.17, 15) is 5.26 Å². The number of anilines is 1. The molecule has 19 heavy (non-hydrogen) atoms. The number of fused-ring (bicyclic) bond motifs is 1. The van der Waals surface area contributed by atoms with Gasteiger partial charge in [-0.1, -0.05) is 0 Å². The van der Waals surface area contributed by atoms with Gasteiger partial charge in [0.15, 0.2) is 0 Å². The van der Waals surface area contributed by atoms with Crippen LogP contribution < -0.4 is 5.32 Å². The molecule has 2 heterocycles. The third-order valence-corrected chi connectivity index (χ3v) is 5.64. The SMILES string of the molecule is CC1(CNc2nc3c(cc2C#N)CCC3)CCCS1. The number of hydrogen-bond acceptors (Lipinski definition) is 4. The number of nitriles is 1. The first kappa shape index (κ1) is 12.8. The zero-order valence-electron chi connectivity index (χ0n) is 11.3. The highest BCUT2D eigenvalue weighted by Gasteiger charge is 2.29. The summed E-state index contributed by atoms with van der Waals surface area (Å²) in [6.45, 7) is 3.20. The molecule has 1 N–H and O–H groups in total. The van der Waals surface area contributed by atoms with E-state index in [2.05, 4.69) is 23.3 Å². The van der Waals surface area contributed by atoms with Crippen LogP contribution in [0.2, 0.25) is 0 Å². The van der Waals surface area contributed by atoms with Gasteiger partial charge in [0.2, 0.25) is 0 Å². The minimum atomic E-state index is 0.299. The number of pyridine rings is 1. The van der Waals surface area contributed by atoms with E-state index in [1.807, 2.05) is 17.8 Å². The van der Waals surface area contributed by atoms with Crippen LogP contribution in [0.25, 0.3) is 0 Å². The molecule has 0 aromatic carbocycles. The van der Waals surface area contributed by atoms with Crippen molar-refractivity contribution in [1.82, 2.24) is 4.98 Å². The fraction of sp³-hybridized carbons (Fsp3) is 0.600. The maximum atomic E-state index is 9.27. The average molecular weight is 273 g/mol. The van der Waals surface area contributed by atoms with Gasteiger partial charge in [-0.15, -0.1) is 0 Å². The molecule has 1 saturated heterocycles. The topological polar surface area (TPSA) is 48.7 Å². The predicted octanol–water partition coefficient (Wildman–Crippen LogP) is 3.14.